The quantitative estimate of drug-likeness (QED) is 0.687. The lowest BCUT2D eigenvalue weighted by atomic mass is 10.1. The highest BCUT2D eigenvalue weighted by atomic mass is 35.5. The third-order valence-corrected chi connectivity index (χ3v) is 3.74. The van der Waals surface area contributed by atoms with Gasteiger partial charge in [-0.25, -0.2) is 9.97 Å². The maximum atomic E-state index is 9.87. The van der Waals surface area contributed by atoms with Crippen molar-refractivity contribution in [3.63, 3.8) is 0 Å². The van der Waals surface area contributed by atoms with Crippen molar-refractivity contribution in [3.05, 3.63) is 59.9 Å². The van der Waals surface area contributed by atoms with Crippen LogP contribution in [0.3, 0.4) is 0 Å². The van der Waals surface area contributed by atoms with Gasteiger partial charge in [-0.2, -0.15) is 0 Å². The highest BCUT2D eigenvalue weighted by molar-refractivity contribution is 6.30. The molecule has 1 aromatic carbocycles. The van der Waals surface area contributed by atoms with E-state index in [1.165, 1.54) is 0 Å². The molecule has 0 amide bonds. The van der Waals surface area contributed by atoms with E-state index in [4.69, 9.17) is 11.6 Å². The third kappa shape index (κ3) is 3.88. The molecule has 3 aromatic rings. The fraction of sp³-hybridized carbons (Fsp3) is 0.167. The molecule has 0 aliphatic carbocycles. The summed E-state index contributed by atoms with van der Waals surface area (Å²) < 4.78 is 0. The average Bonchev–Trinajstić information content (AvgIpc) is 2.62. The summed E-state index contributed by atoms with van der Waals surface area (Å²) in [5.41, 5.74) is 2.47. The summed E-state index contributed by atoms with van der Waals surface area (Å²) in [6, 6.07) is 13.0. The summed E-state index contributed by atoms with van der Waals surface area (Å²) in [5.74, 6) is 1.10. The molecule has 0 fully saturated rings. The van der Waals surface area contributed by atoms with E-state index in [9.17, 15) is 5.11 Å². The molecular formula is C18H17ClN4O. The third-order valence-electron chi connectivity index (χ3n) is 3.49. The van der Waals surface area contributed by atoms with Gasteiger partial charge in [-0.05, 0) is 30.7 Å². The number of hydrogen-bond acceptors (Lipinski definition) is 5. The fourth-order valence-electron chi connectivity index (χ4n) is 2.19. The number of halogens is 1. The van der Waals surface area contributed by atoms with Crippen LogP contribution in [0.15, 0.2) is 54.9 Å². The fourth-order valence-corrected chi connectivity index (χ4v) is 2.31. The zero-order valence-corrected chi connectivity index (χ0v) is 13.9. The smallest absolute Gasteiger partial charge is 0.163 e. The van der Waals surface area contributed by atoms with Crippen molar-refractivity contribution < 1.29 is 5.11 Å². The topological polar surface area (TPSA) is 70.9 Å². The molecular weight excluding hydrogens is 324 g/mol. The van der Waals surface area contributed by atoms with Crippen LogP contribution in [0.2, 0.25) is 5.02 Å². The van der Waals surface area contributed by atoms with Gasteiger partial charge < -0.3 is 10.4 Å². The number of benzene rings is 1. The van der Waals surface area contributed by atoms with Crippen LogP contribution < -0.4 is 5.32 Å². The molecule has 6 heteroatoms. The lowest BCUT2D eigenvalue weighted by Crippen LogP contribution is -2.18. The van der Waals surface area contributed by atoms with Crippen molar-refractivity contribution in [3.8, 4) is 22.6 Å². The Morgan fingerprint density at radius 3 is 2.58 bits per heavy atom. The normalized spacial score (nSPS) is 12.0. The lowest BCUT2D eigenvalue weighted by molar-refractivity contribution is 0.199. The number of nitrogens with zero attached hydrogens (tertiary/aromatic N) is 3. The van der Waals surface area contributed by atoms with E-state index in [1.54, 1.807) is 12.4 Å². The molecule has 0 radical (unpaired) electrons. The van der Waals surface area contributed by atoms with Gasteiger partial charge in [-0.1, -0.05) is 30.7 Å². The van der Waals surface area contributed by atoms with Gasteiger partial charge in [0.1, 0.15) is 12.0 Å². The van der Waals surface area contributed by atoms with Gasteiger partial charge in [-0.15, -0.1) is 0 Å². The number of hydrogen-bond donors (Lipinski definition) is 2. The van der Waals surface area contributed by atoms with Crippen molar-refractivity contribution in [1.29, 1.82) is 0 Å². The molecule has 0 aliphatic heterocycles. The molecule has 2 aromatic heterocycles. The minimum Gasteiger partial charge on any atom is -0.374 e. The number of nitrogens with one attached hydrogen (secondary N) is 1. The molecule has 24 heavy (non-hydrogen) atoms. The Hall–Kier alpha value is -2.50. The summed E-state index contributed by atoms with van der Waals surface area (Å²) in [6.45, 7) is 1.89. The lowest BCUT2D eigenvalue weighted by Gasteiger charge is -2.13. The standard InChI is InChI=1S/C18H17ClN4O/c1-2-17(24)22-16-10-15(12-5-7-14(19)8-6-12)21-18(23-16)13-4-3-9-20-11-13/h3-11,17,24H,2H2,1H3,(H,21,22,23). The van der Waals surface area contributed by atoms with E-state index >= 15 is 0 Å². The SMILES string of the molecule is CCC(O)Nc1cc(-c2ccc(Cl)cc2)nc(-c2cccnc2)n1. The molecule has 0 saturated carbocycles. The van der Waals surface area contributed by atoms with Crippen molar-refractivity contribution in [2.45, 2.75) is 19.6 Å². The minimum atomic E-state index is -0.667. The second-order valence-corrected chi connectivity index (χ2v) is 5.72. The molecule has 2 N–H and O–H groups in total. The van der Waals surface area contributed by atoms with E-state index in [-0.39, 0.29) is 0 Å². The zero-order chi connectivity index (χ0) is 16.9. The van der Waals surface area contributed by atoms with Crippen LogP contribution in [-0.2, 0) is 0 Å². The number of rotatable bonds is 5. The molecule has 2 heterocycles. The van der Waals surface area contributed by atoms with Crippen molar-refractivity contribution in [2.75, 3.05) is 5.32 Å². The number of anilines is 1. The summed E-state index contributed by atoms with van der Waals surface area (Å²) in [5, 5.41) is 13.5. The van der Waals surface area contributed by atoms with Crippen LogP contribution in [0, 0.1) is 0 Å². The Morgan fingerprint density at radius 1 is 1.12 bits per heavy atom. The number of pyridine rings is 1. The predicted octanol–water partition coefficient (Wildman–Crippen LogP) is 4.00. The summed E-state index contributed by atoms with van der Waals surface area (Å²) in [6.07, 6.45) is 3.32. The monoisotopic (exact) mass is 340 g/mol. The first-order chi connectivity index (χ1) is 11.7. The van der Waals surface area contributed by atoms with Crippen molar-refractivity contribution >= 4 is 17.4 Å². The summed E-state index contributed by atoms with van der Waals surface area (Å²) in [7, 11) is 0. The molecule has 1 atom stereocenters. The molecule has 0 aliphatic rings. The molecule has 122 valence electrons. The minimum absolute atomic E-state index is 0.543. The van der Waals surface area contributed by atoms with Gasteiger partial charge in [0, 0.05) is 34.6 Å². The Balaban J connectivity index is 2.07. The van der Waals surface area contributed by atoms with Crippen LogP contribution in [0.4, 0.5) is 5.82 Å². The first-order valence-corrected chi connectivity index (χ1v) is 8.03. The van der Waals surface area contributed by atoms with E-state index < -0.39 is 6.23 Å². The number of aromatic nitrogens is 3. The Morgan fingerprint density at radius 2 is 1.92 bits per heavy atom. The molecule has 0 saturated heterocycles. The molecule has 0 bridgehead atoms. The number of aliphatic hydroxyl groups excluding tert-OH is 1. The maximum Gasteiger partial charge on any atom is 0.163 e. The molecule has 0 spiro atoms. The molecule has 1 unspecified atom stereocenters. The zero-order valence-electron chi connectivity index (χ0n) is 13.1. The second-order valence-electron chi connectivity index (χ2n) is 5.28. The molecule has 5 nitrogen and oxygen atoms in total. The van der Waals surface area contributed by atoms with Crippen LogP contribution >= 0.6 is 11.6 Å². The van der Waals surface area contributed by atoms with E-state index in [2.05, 4.69) is 20.3 Å². The first kappa shape index (κ1) is 16.4. The van der Waals surface area contributed by atoms with Crippen LogP contribution in [0.25, 0.3) is 22.6 Å². The van der Waals surface area contributed by atoms with Crippen LogP contribution in [0.5, 0.6) is 0 Å². The van der Waals surface area contributed by atoms with Gasteiger partial charge >= 0.3 is 0 Å². The maximum absolute atomic E-state index is 9.87. The van der Waals surface area contributed by atoms with Gasteiger partial charge in [-0.3, -0.25) is 4.98 Å². The highest BCUT2D eigenvalue weighted by Crippen LogP contribution is 2.25. The first-order valence-electron chi connectivity index (χ1n) is 7.65. The second kappa shape index (κ2) is 7.38. The number of aliphatic hydroxyl groups is 1. The van der Waals surface area contributed by atoms with Gasteiger partial charge in [0.25, 0.3) is 0 Å². The Kier molecular flexibility index (Phi) is 5.03. The van der Waals surface area contributed by atoms with Crippen LogP contribution in [0.1, 0.15) is 13.3 Å². The Bertz CT molecular complexity index is 809. The summed E-state index contributed by atoms with van der Waals surface area (Å²) >= 11 is 5.96. The Labute approximate surface area is 145 Å². The average molecular weight is 341 g/mol. The summed E-state index contributed by atoms with van der Waals surface area (Å²) in [4.78, 5) is 13.2. The van der Waals surface area contributed by atoms with Gasteiger partial charge in [0.05, 0.1) is 5.69 Å². The largest absolute Gasteiger partial charge is 0.374 e. The van der Waals surface area contributed by atoms with E-state index in [1.807, 2.05) is 49.4 Å². The van der Waals surface area contributed by atoms with Gasteiger partial charge in [0.15, 0.2) is 5.82 Å². The van der Waals surface area contributed by atoms with E-state index in [0.717, 1.165) is 16.8 Å². The van der Waals surface area contributed by atoms with Crippen molar-refractivity contribution in [1.82, 2.24) is 15.0 Å². The highest BCUT2D eigenvalue weighted by Gasteiger charge is 2.11. The molecule has 3 rings (SSSR count). The van der Waals surface area contributed by atoms with Crippen molar-refractivity contribution in [2.24, 2.45) is 0 Å². The van der Waals surface area contributed by atoms with Crippen LogP contribution in [-0.4, -0.2) is 26.3 Å². The predicted molar refractivity (Wildman–Crippen MR) is 95.6 cm³/mol. The van der Waals surface area contributed by atoms with E-state index in [0.29, 0.717) is 23.1 Å². The van der Waals surface area contributed by atoms with Gasteiger partial charge in [0.2, 0.25) is 0 Å².